The maximum Gasteiger partial charge on any atom is 0.324 e. The Labute approximate surface area is 124 Å². The van der Waals surface area contributed by atoms with E-state index in [0.717, 1.165) is 25.4 Å². The van der Waals surface area contributed by atoms with Gasteiger partial charge in [-0.15, -0.1) is 11.8 Å². The molecule has 110 valence electrons. The third kappa shape index (κ3) is 4.51. The van der Waals surface area contributed by atoms with Crippen LogP contribution in [0.1, 0.15) is 6.92 Å². The fourth-order valence-electron chi connectivity index (χ4n) is 2.28. The highest BCUT2D eigenvalue weighted by Gasteiger charge is 2.29. The van der Waals surface area contributed by atoms with Gasteiger partial charge in [-0.1, -0.05) is 18.2 Å². The second-order valence-electron chi connectivity index (χ2n) is 4.67. The van der Waals surface area contributed by atoms with Crippen LogP contribution < -0.4 is 5.32 Å². The summed E-state index contributed by atoms with van der Waals surface area (Å²) in [7, 11) is 0. The van der Waals surface area contributed by atoms with E-state index in [1.54, 1.807) is 0 Å². The molecule has 0 saturated carbocycles. The Morgan fingerprint density at radius 3 is 3.00 bits per heavy atom. The first-order valence-corrected chi connectivity index (χ1v) is 8.09. The molecule has 5 heteroatoms. The highest BCUT2D eigenvalue weighted by Crippen LogP contribution is 2.17. The summed E-state index contributed by atoms with van der Waals surface area (Å²) in [6.45, 7) is 5.73. The summed E-state index contributed by atoms with van der Waals surface area (Å²) in [6.07, 6.45) is 0. The number of ether oxygens (including phenoxy) is 1. The zero-order valence-corrected chi connectivity index (χ0v) is 12.7. The van der Waals surface area contributed by atoms with Gasteiger partial charge in [-0.2, -0.15) is 0 Å². The van der Waals surface area contributed by atoms with Gasteiger partial charge in [-0.05, 0) is 19.1 Å². The highest BCUT2D eigenvalue weighted by molar-refractivity contribution is 7.99. The lowest BCUT2D eigenvalue weighted by Gasteiger charge is -2.34. The van der Waals surface area contributed by atoms with Crippen molar-refractivity contribution in [2.24, 2.45) is 0 Å². The Bertz CT molecular complexity index is 414. The third-order valence-corrected chi connectivity index (χ3v) is 4.30. The van der Waals surface area contributed by atoms with Gasteiger partial charge in [0.15, 0.2) is 0 Å². The number of esters is 1. The van der Waals surface area contributed by atoms with Crippen molar-refractivity contribution in [1.29, 1.82) is 0 Å². The topological polar surface area (TPSA) is 41.6 Å². The van der Waals surface area contributed by atoms with Crippen LogP contribution in [0.5, 0.6) is 0 Å². The number of thioether (sulfide) groups is 1. The first kappa shape index (κ1) is 15.4. The first-order valence-electron chi connectivity index (χ1n) is 7.10. The molecule has 1 N–H and O–H groups in total. The number of hydrogen-bond donors (Lipinski definition) is 1. The van der Waals surface area contributed by atoms with Crippen molar-refractivity contribution in [3.8, 4) is 0 Å². The van der Waals surface area contributed by atoms with E-state index in [-0.39, 0.29) is 12.0 Å². The van der Waals surface area contributed by atoms with E-state index >= 15 is 0 Å². The first-order chi connectivity index (χ1) is 9.81. The highest BCUT2D eigenvalue weighted by atomic mass is 32.2. The molecule has 0 aliphatic carbocycles. The number of carbonyl (C=O) groups is 1. The molecule has 1 aliphatic rings. The van der Waals surface area contributed by atoms with Crippen molar-refractivity contribution >= 4 is 17.7 Å². The van der Waals surface area contributed by atoms with Crippen molar-refractivity contribution < 1.29 is 9.53 Å². The maximum absolute atomic E-state index is 11.9. The summed E-state index contributed by atoms with van der Waals surface area (Å²) < 4.78 is 5.15. The van der Waals surface area contributed by atoms with Gasteiger partial charge in [-0.25, -0.2) is 0 Å². The summed E-state index contributed by atoms with van der Waals surface area (Å²) in [5.74, 6) is 0.879. The van der Waals surface area contributed by atoms with E-state index in [9.17, 15) is 4.79 Å². The van der Waals surface area contributed by atoms with Crippen molar-refractivity contribution in [2.75, 3.05) is 38.5 Å². The van der Waals surface area contributed by atoms with Crippen LogP contribution in [0.25, 0.3) is 0 Å². The molecule has 1 aliphatic heterocycles. The molecule has 0 radical (unpaired) electrons. The quantitative estimate of drug-likeness (QED) is 0.638. The number of nitrogens with zero attached hydrogens (tertiary/aromatic N) is 1. The largest absolute Gasteiger partial charge is 0.465 e. The summed E-state index contributed by atoms with van der Waals surface area (Å²) in [5, 5.41) is 3.26. The lowest BCUT2D eigenvalue weighted by atomic mass is 10.2. The molecule has 1 aromatic carbocycles. The molecule has 20 heavy (non-hydrogen) atoms. The minimum absolute atomic E-state index is 0.107. The van der Waals surface area contributed by atoms with Crippen LogP contribution in [0.2, 0.25) is 0 Å². The van der Waals surface area contributed by atoms with Crippen molar-refractivity contribution in [3.63, 3.8) is 0 Å². The summed E-state index contributed by atoms with van der Waals surface area (Å²) in [6, 6.07) is 10.2. The third-order valence-electron chi connectivity index (χ3n) is 3.30. The molecule has 2 rings (SSSR count). The lowest BCUT2D eigenvalue weighted by molar-refractivity contribution is -0.150. The fourth-order valence-corrected chi connectivity index (χ4v) is 3.19. The van der Waals surface area contributed by atoms with E-state index in [4.69, 9.17) is 4.74 Å². The van der Waals surface area contributed by atoms with Crippen molar-refractivity contribution in [2.45, 2.75) is 17.9 Å². The zero-order chi connectivity index (χ0) is 14.2. The number of benzene rings is 1. The van der Waals surface area contributed by atoms with E-state index < -0.39 is 0 Å². The van der Waals surface area contributed by atoms with Crippen LogP contribution in [0, 0.1) is 0 Å². The zero-order valence-electron chi connectivity index (χ0n) is 11.9. The molecule has 1 unspecified atom stereocenters. The molecule has 1 fully saturated rings. The number of carbonyl (C=O) groups excluding carboxylic acids is 1. The molecule has 0 aromatic heterocycles. The number of piperazine rings is 1. The number of rotatable bonds is 6. The van der Waals surface area contributed by atoms with Crippen molar-refractivity contribution in [1.82, 2.24) is 10.2 Å². The monoisotopic (exact) mass is 294 g/mol. The maximum atomic E-state index is 11.9. The number of nitrogens with one attached hydrogen (secondary N) is 1. The Morgan fingerprint density at radius 1 is 1.45 bits per heavy atom. The predicted octanol–water partition coefficient (Wildman–Crippen LogP) is 1.62. The van der Waals surface area contributed by atoms with Gasteiger partial charge in [0.05, 0.1) is 6.61 Å². The van der Waals surface area contributed by atoms with Crippen molar-refractivity contribution in [3.05, 3.63) is 30.3 Å². The van der Waals surface area contributed by atoms with Gasteiger partial charge in [-0.3, -0.25) is 9.69 Å². The molecule has 1 heterocycles. The Morgan fingerprint density at radius 2 is 2.25 bits per heavy atom. The van der Waals surface area contributed by atoms with Crippen LogP contribution >= 0.6 is 11.8 Å². The SMILES string of the molecule is CCOC(=O)C1CNCCN1CCSc1ccccc1. The van der Waals surface area contributed by atoms with Crippen LogP contribution in [-0.4, -0.2) is 55.4 Å². The van der Waals surface area contributed by atoms with Gasteiger partial charge in [0, 0.05) is 36.8 Å². The summed E-state index contributed by atoms with van der Waals surface area (Å²) in [4.78, 5) is 15.4. The summed E-state index contributed by atoms with van der Waals surface area (Å²) >= 11 is 1.83. The van der Waals surface area contributed by atoms with Crippen LogP contribution in [0.3, 0.4) is 0 Å². The van der Waals surface area contributed by atoms with Crippen LogP contribution in [0.15, 0.2) is 35.2 Å². The fraction of sp³-hybridized carbons (Fsp3) is 0.533. The Kier molecular flexibility index (Phi) is 6.36. The van der Waals surface area contributed by atoms with E-state index in [1.165, 1.54) is 4.90 Å². The smallest absolute Gasteiger partial charge is 0.324 e. The average molecular weight is 294 g/mol. The van der Waals surface area contributed by atoms with Gasteiger partial charge in [0.2, 0.25) is 0 Å². The van der Waals surface area contributed by atoms with Gasteiger partial charge >= 0.3 is 5.97 Å². The molecule has 4 nitrogen and oxygen atoms in total. The van der Waals surface area contributed by atoms with E-state index in [1.807, 2.05) is 24.8 Å². The Hall–Kier alpha value is -1.04. The van der Waals surface area contributed by atoms with Gasteiger partial charge in [0.1, 0.15) is 6.04 Å². The molecular formula is C15H22N2O2S. The molecular weight excluding hydrogens is 272 g/mol. The summed E-state index contributed by atoms with van der Waals surface area (Å²) in [5.41, 5.74) is 0. The van der Waals surface area contributed by atoms with Crippen LogP contribution in [0.4, 0.5) is 0 Å². The number of hydrogen-bond acceptors (Lipinski definition) is 5. The molecule has 1 atom stereocenters. The van der Waals surface area contributed by atoms with Gasteiger partial charge in [0.25, 0.3) is 0 Å². The molecule has 0 amide bonds. The van der Waals surface area contributed by atoms with Crippen LogP contribution in [-0.2, 0) is 9.53 Å². The molecule has 0 bridgehead atoms. The Balaban J connectivity index is 1.81. The molecule has 1 aromatic rings. The predicted molar refractivity (Wildman–Crippen MR) is 82.0 cm³/mol. The van der Waals surface area contributed by atoms with E-state index in [0.29, 0.717) is 13.2 Å². The van der Waals surface area contributed by atoms with E-state index in [2.05, 4.69) is 34.5 Å². The minimum atomic E-state index is -0.139. The minimum Gasteiger partial charge on any atom is -0.465 e. The second kappa shape index (κ2) is 8.29. The second-order valence-corrected chi connectivity index (χ2v) is 5.84. The molecule has 1 saturated heterocycles. The lowest BCUT2D eigenvalue weighted by Crippen LogP contribution is -2.55. The molecule has 0 spiro atoms. The van der Waals surface area contributed by atoms with Gasteiger partial charge < -0.3 is 10.1 Å². The normalized spacial score (nSPS) is 19.8. The average Bonchev–Trinajstić information content (AvgIpc) is 2.49. The standard InChI is InChI=1S/C15H22N2O2S/c1-2-19-15(18)14-12-16-8-9-17(14)10-11-20-13-6-4-3-5-7-13/h3-7,14,16H,2,8-12H2,1H3.